The van der Waals surface area contributed by atoms with Crippen LogP contribution in [0.2, 0.25) is 0 Å². The molecule has 1 atom stereocenters. The molecule has 80 valence electrons. The van der Waals surface area contributed by atoms with Crippen molar-refractivity contribution in [2.45, 2.75) is 6.10 Å². The molecule has 2 rings (SSSR count). The predicted octanol–water partition coefficient (Wildman–Crippen LogP) is 1.78. The van der Waals surface area contributed by atoms with E-state index in [1.54, 1.807) is 12.1 Å². The van der Waals surface area contributed by atoms with Crippen LogP contribution in [-0.4, -0.2) is 19.1 Å². The Morgan fingerprint density at radius 2 is 2.33 bits per heavy atom. The summed E-state index contributed by atoms with van der Waals surface area (Å²) in [6, 6.07) is 4.79. The van der Waals surface area contributed by atoms with Crippen molar-refractivity contribution in [2.24, 2.45) is 0 Å². The average Bonchev–Trinajstić information content (AvgIpc) is 2.20. The number of nitrogens with one attached hydrogen (secondary N) is 1. The van der Waals surface area contributed by atoms with Gasteiger partial charge in [0, 0.05) is 16.6 Å². The van der Waals surface area contributed by atoms with Crippen LogP contribution in [0.25, 0.3) is 0 Å². The minimum absolute atomic E-state index is 0.0137. The van der Waals surface area contributed by atoms with Crippen LogP contribution in [0.5, 0.6) is 0 Å². The van der Waals surface area contributed by atoms with Crippen molar-refractivity contribution in [1.82, 2.24) is 5.32 Å². The van der Waals surface area contributed by atoms with Crippen molar-refractivity contribution < 1.29 is 13.9 Å². The Hall–Kier alpha value is -0.940. The van der Waals surface area contributed by atoms with E-state index >= 15 is 0 Å². The fourth-order valence-corrected chi connectivity index (χ4v) is 1.79. The van der Waals surface area contributed by atoms with Crippen molar-refractivity contribution in [3.8, 4) is 0 Å². The Bertz CT molecular complexity index is 387. The number of carbonyl (C=O) groups is 1. The standard InChI is InChI=1S/C10H9BrFNO2/c11-6-1-2-7(8(12)3-6)9-4-13-10(14)5-15-9/h1-3,9H,4-5H2,(H,13,14). The van der Waals surface area contributed by atoms with Crippen LogP contribution in [0.15, 0.2) is 22.7 Å². The van der Waals surface area contributed by atoms with Crippen LogP contribution in [0.4, 0.5) is 4.39 Å². The normalized spacial score (nSPS) is 21.2. The molecular weight excluding hydrogens is 265 g/mol. The zero-order valence-corrected chi connectivity index (χ0v) is 9.38. The number of benzene rings is 1. The van der Waals surface area contributed by atoms with Gasteiger partial charge in [-0.15, -0.1) is 0 Å². The number of hydrogen-bond donors (Lipinski definition) is 1. The summed E-state index contributed by atoms with van der Waals surface area (Å²) in [4.78, 5) is 10.8. The van der Waals surface area contributed by atoms with Crippen molar-refractivity contribution in [3.63, 3.8) is 0 Å². The predicted molar refractivity (Wildman–Crippen MR) is 55.8 cm³/mol. The highest BCUT2D eigenvalue weighted by molar-refractivity contribution is 9.10. The van der Waals surface area contributed by atoms with E-state index in [0.717, 1.165) is 0 Å². The lowest BCUT2D eigenvalue weighted by Gasteiger charge is -2.23. The third kappa shape index (κ3) is 2.35. The largest absolute Gasteiger partial charge is 0.362 e. The summed E-state index contributed by atoms with van der Waals surface area (Å²) >= 11 is 3.18. The Balaban J connectivity index is 2.19. The zero-order valence-electron chi connectivity index (χ0n) is 7.80. The van der Waals surface area contributed by atoms with Gasteiger partial charge < -0.3 is 10.1 Å². The molecule has 1 saturated heterocycles. The van der Waals surface area contributed by atoms with Gasteiger partial charge in [-0.25, -0.2) is 4.39 Å². The maximum Gasteiger partial charge on any atom is 0.246 e. The summed E-state index contributed by atoms with van der Waals surface area (Å²) in [5.41, 5.74) is 0.471. The highest BCUT2D eigenvalue weighted by atomic mass is 79.9. The molecule has 15 heavy (non-hydrogen) atoms. The van der Waals surface area contributed by atoms with Gasteiger partial charge in [0.15, 0.2) is 0 Å². The molecule has 1 aromatic carbocycles. The number of ether oxygens (including phenoxy) is 1. The van der Waals surface area contributed by atoms with E-state index in [1.807, 2.05) is 0 Å². The molecule has 3 nitrogen and oxygen atoms in total. The van der Waals surface area contributed by atoms with E-state index in [0.29, 0.717) is 16.6 Å². The molecule has 0 aliphatic carbocycles. The fraction of sp³-hybridized carbons (Fsp3) is 0.300. The van der Waals surface area contributed by atoms with Crippen LogP contribution in [0, 0.1) is 5.82 Å². The summed E-state index contributed by atoms with van der Waals surface area (Å²) in [5.74, 6) is -0.491. The van der Waals surface area contributed by atoms with Crippen LogP contribution in [0.3, 0.4) is 0 Å². The quantitative estimate of drug-likeness (QED) is 0.847. The van der Waals surface area contributed by atoms with Crippen molar-refractivity contribution in [3.05, 3.63) is 34.1 Å². The monoisotopic (exact) mass is 273 g/mol. The molecule has 1 aromatic rings. The van der Waals surface area contributed by atoms with Gasteiger partial charge in [0.2, 0.25) is 5.91 Å². The maximum atomic E-state index is 13.5. The Morgan fingerprint density at radius 1 is 1.53 bits per heavy atom. The van der Waals surface area contributed by atoms with Gasteiger partial charge in [-0.3, -0.25) is 4.79 Å². The van der Waals surface area contributed by atoms with Crippen LogP contribution < -0.4 is 5.32 Å². The lowest BCUT2D eigenvalue weighted by Crippen LogP contribution is -2.38. The highest BCUT2D eigenvalue weighted by Gasteiger charge is 2.22. The van der Waals surface area contributed by atoms with Crippen molar-refractivity contribution in [2.75, 3.05) is 13.2 Å². The number of carbonyl (C=O) groups excluding carboxylic acids is 1. The molecule has 5 heteroatoms. The van der Waals surface area contributed by atoms with E-state index in [-0.39, 0.29) is 18.3 Å². The second kappa shape index (κ2) is 4.28. The second-order valence-corrected chi connectivity index (χ2v) is 4.19. The first-order chi connectivity index (χ1) is 7.16. The van der Waals surface area contributed by atoms with Gasteiger partial charge in [0.25, 0.3) is 0 Å². The smallest absolute Gasteiger partial charge is 0.246 e. The third-order valence-electron chi connectivity index (χ3n) is 2.21. The molecule has 1 heterocycles. The molecular formula is C10H9BrFNO2. The molecule has 1 amide bonds. The number of hydrogen-bond acceptors (Lipinski definition) is 2. The number of rotatable bonds is 1. The first kappa shape index (κ1) is 10.6. The minimum atomic E-state index is -0.393. The molecule has 0 radical (unpaired) electrons. The first-order valence-corrected chi connectivity index (χ1v) is 5.29. The van der Waals surface area contributed by atoms with Gasteiger partial charge in [0.05, 0.1) is 0 Å². The van der Waals surface area contributed by atoms with Gasteiger partial charge >= 0.3 is 0 Å². The fourth-order valence-electron chi connectivity index (χ4n) is 1.46. The molecule has 0 spiro atoms. The van der Waals surface area contributed by atoms with Crippen molar-refractivity contribution in [1.29, 1.82) is 0 Å². The molecule has 0 aromatic heterocycles. The van der Waals surface area contributed by atoms with Gasteiger partial charge in [-0.1, -0.05) is 22.0 Å². The lowest BCUT2D eigenvalue weighted by atomic mass is 10.1. The van der Waals surface area contributed by atoms with Gasteiger partial charge in [0.1, 0.15) is 18.5 Å². The summed E-state index contributed by atoms with van der Waals surface area (Å²) in [6.07, 6.45) is -0.393. The summed E-state index contributed by atoms with van der Waals surface area (Å²) in [5, 5.41) is 2.63. The molecule has 1 aliphatic rings. The van der Waals surface area contributed by atoms with E-state index in [4.69, 9.17) is 4.74 Å². The van der Waals surface area contributed by atoms with E-state index in [9.17, 15) is 9.18 Å². The van der Waals surface area contributed by atoms with Gasteiger partial charge in [-0.05, 0) is 12.1 Å². The highest BCUT2D eigenvalue weighted by Crippen LogP contribution is 2.24. The second-order valence-electron chi connectivity index (χ2n) is 3.27. The summed E-state index contributed by atoms with van der Waals surface area (Å²) in [7, 11) is 0. The van der Waals surface area contributed by atoms with E-state index in [2.05, 4.69) is 21.2 Å². The lowest BCUT2D eigenvalue weighted by molar-refractivity contribution is -0.133. The third-order valence-corrected chi connectivity index (χ3v) is 2.70. The number of halogens is 2. The van der Waals surface area contributed by atoms with Crippen molar-refractivity contribution >= 4 is 21.8 Å². The topological polar surface area (TPSA) is 38.3 Å². The Kier molecular flexibility index (Phi) is 3.02. The van der Waals surface area contributed by atoms with E-state index in [1.165, 1.54) is 6.07 Å². The Morgan fingerprint density at radius 3 is 2.93 bits per heavy atom. The first-order valence-electron chi connectivity index (χ1n) is 4.50. The van der Waals surface area contributed by atoms with Crippen LogP contribution in [-0.2, 0) is 9.53 Å². The molecule has 0 bridgehead atoms. The van der Waals surface area contributed by atoms with E-state index < -0.39 is 6.10 Å². The SMILES string of the molecule is O=C1COC(c2ccc(Br)cc2F)CN1. The molecule has 0 saturated carbocycles. The molecule has 1 fully saturated rings. The molecule has 1 aliphatic heterocycles. The molecule has 1 N–H and O–H groups in total. The minimum Gasteiger partial charge on any atom is -0.362 e. The average molecular weight is 274 g/mol. The zero-order chi connectivity index (χ0) is 10.8. The number of amides is 1. The summed E-state index contributed by atoms with van der Waals surface area (Å²) in [6.45, 7) is 0.303. The molecule has 1 unspecified atom stereocenters. The van der Waals surface area contributed by atoms with Crippen LogP contribution >= 0.6 is 15.9 Å². The Labute approximate surface area is 94.7 Å². The summed E-state index contributed by atoms with van der Waals surface area (Å²) < 4.78 is 19.4. The maximum absolute atomic E-state index is 13.5. The van der Waals surface area contributed by atoms with Crippen LogP contribution in [0.1, 0.15) is 11.7 Å². The number of morpholine rings is 1. The van der Waals surface area contributed by atoms with Gasteiger partial charge in [-0.2, -0.15) is 0 Å².